The Kier molecular flexibility index (Phi) is 5.76. The normalized spacial score (nSPS) is 18.5. The Balaban J connectivity index is 1.63. The Labute approximate surface area is 205 Å². The van der Waals surface area contributed by atoms with Gasteiger partial charge in [0.05, 0.1) is 22.3 Å². The van der Waals surface area contributed by atoms with Gasteiger partial charge in [-0.2, -0.15) is 0 Å². The molecule has 1 fully saturated rings. The van der Waals surface area contributed by atoms with Crippen LogP contribution in [-0.2, 0) is 4.74 Å². The third kappa shape index (κ3) is 4.02. The van der Waals surface area contributed by atoms with Crippen LogP contribution in [0.4, 0.5) is 0 Å². The van der Waals surface area contributed by atoms with Crippen LogP contribution in [0.1, 0.15) is 24.2 Å². The second-order valence-electron chi connectivity index (χ2n) is 8.60. The Hall–Kier alpha value is -3.06. The van der Waals surface area contributed by atoms with Crippen molar-refractivity contribution in [2.24, 2.45) is 0 Å². The van der Waals surface area contributed by atoms with Crippen LogP contribution in [0.15, 0.2) is 57.7 Å². The summed E-state index contributed by atoms with van der Waals surface area (Å²) in [5.41, 5.74) is 2.69. The number of phenolic OH excluding ortho intramolecular Hbond substituents is 1. The van der Waals surface area contributed by atoms with Crippen molar-refractivity contribution in [1.29, 1.82) is 0 Å². The van der Waals surface area contributed by atoms with Crippen molar-refractivity contribution in [3.63, 3.8) is 0 Å². The number of nitrogens with zero attached hydrogens (tertiary/aromatic N) is 1. The van der Waals surface area contributed by atoms with Gasteiger partial charge in [0.1, 0.15) is 17.1 Å². The Morgan fingerprint density at radius 3 is 2.35 bits per heavy atom. The summed E-state index contributed by atoms with van der Waals surface area (Å²) in [6, 6.07) is 13.1. The van der Waals surface area contributed by atoms with E-state index in [1.165, 1.54) is 12.1 Å². The molecule has 0 bridgehead atoms. The summed E-state index contributed by atoms with van der Waals surface area (Å²) >= 11 is 12.4. The number of rotatable bonds is 2. The molecule has 2 atom stereocenters. The smallest absolute Gasteiger partial charge is 0.254 e. The van der Waals surface area contributed by atoms with Gasteiger partial charge >= 0.3 is 0 Å². The fraction of sp³-hybridized carbons (Fsp3) is 0.231. The lowest BCUT2D eigenvalue weighted by Gasteiger charge is -2.35. The molecule has 174 valence electrons. The molecule has 3 aliphatic rings. The maximum atomic E-state index is 13.1. The number of benzene rings is 3. The lowest BCUT2D eigenvalue weighted by atomic mass is 9.93. The molecule has 0 radical (unpaired) electrons. The van der Waals surface area contributed by atoms with Crippen LogP contribution in [0.25, 0.3) is 33.4 Å². The molecule has 1 aliphatic carbocycles. The first-order valence-corrected chi connectivity index (χ1v) is 11.6. The number of carbonyl (C=O) groups is 1. The van der Waals surface area contributed by atoms with Crippen molar-refractivity contribution in [2.45, 2.75) is 26.1 Å². The molecule has 0 aromatic heterocycles. The van der Waals surface area contributed by atoms with Crippen LogP contribution in [-0.4, -0.2) is 41.2 Å². The van der Waals surface area contributed by atoms with Gasteiger partial charge in [-0.1, -0.05) is 35.3 Å². The van der Waals surface area contributed by atoms with E-state index in [-0.39, 0.29) is 39.3 Å². The number of fused-ring (bicyclic) bond motifs is 2. The summed E-state index contributed by atoms with van der Waals surface area (Å²) in [6.45, 7) is 4.99. The van der Waals surface area contributed by atoms with Crippen LogP contribution < -0.4 is 5.43 Å². The molecule has 2 aliphatic heterocycles. The van der Waals surface area contributed by atoms with E-state index >= 15 is 0 Å². The number of carbonyl (C=O) groups excluding carboxylic acids is 1. The Morgan fingerprint density at radius 2 is 1.68 bits per heavy atom. The number of ether oxygens (including phenoxy) is 1. The van der Waals surface area contributed by atoms with Crippen molar-refractivity contribution < 1.29 is 19.1 Å². The molecule has 8 heteroatoms. The lowest BCUT2D eigenvalue weighted by molar-refractivity contribution is -0.0586. The van der Waals surface area contributed by atoms with E-state index in [1.54, 1.807) is 29.2 Å². The highest BCUT2D eigenvalue weighted by molar-refractivity contribution is 6.33. The standard InChI is InChI=1S/C26H21Cl2NO5/c1-13-11-29(12-14(2)33-13)26(32)16-5-3-15(4-6-16)25-17-7-19(27)21(30)9-23(17)34-24-10-22(31)20(28)8-18(24)25/h3-10,13-14,30H,11-12H2,1-2H3. The SMILES string of the molecule is CC1CN(C(=O)c2ccc(-c3c4cc(Cl)c(=O)cc-4oc4cc(O)c(Cl)cc34)cc2)CC(C)O1. The molecule has 2 unspecified atom stereocenters. The van der Waals surface area contributed by atoms with E-state index in [1.807, 2.05) is 26.0 Å². The van der Waals surface area contributed by atoms with Crippen LogP contribution in [0, 0.1) is 0 Å². The predicted molar refractivity (Wildman–Crippen MR) is 132 cm³/mol. The molecular weight excluding hydrogens is 477 g/mol. The summed E-state index contributed by atoms with van der Waals surface area (Å²) in [5, 5.41) is 11.0. The minimum Gasteiger partial charge on any atom is -0.506 e. The van der Waals surface area contributed by atoms with Gasteiger partial charge in [0, 0.05) is 47.3 Å². The highest BCUT2D eigenvalue weighted by Gasteiger charge is 2.27. The van der Waals surface area contributed by atoms with Gasteiger partial charge in [-0.25, -0.2) is 0 Å². The largest absolute Gasteiger partial charge is 0.506 e. The van der Waals surface area contributed by atoms with Gasteiger partial charge in [-0.3, -0.25) is 9.59 Å². The Bertz CT molecular complexity index is 1440. The fourth-order valence-electron chi connectivity index (χ4n) is 4.52. The minimum atomic E-state index is -0.365. The van der Waals surface area contributed by atoms with E-state index in [2.05, 4.69) is 0 Å². The second-order valence-corrected chi connectivity index (χ2v) is 9.41. The predicted octanol–water partition coefficient (Wildman–Crippen LogP) is 5.83. The number of amides is 1. The number of halogens is 2. The van der Waals surface area contributed by atoms with Crippen LogP contribution in [0.5, 0.6) is 5.75 Å². The number of hydrogen-bond donors (Lipinski definition) is 1. The highest BCUT2D eigenvalue weighted by Crippen LogP contribution is 2.43. The monoisotopic (exact) mass is 497 g/mol. The van der Waals surface area contributed by atoms with Crippen LogP contribution >= 0.6 is 23.2 Å². The van der Waals surface area contributed by atoms with Gasteiger partial charge in [-0.15, -0.1) is 0 Å². The van der Waals surface area contributed by atoms with E-state index in [9.17, 15) is 14.7 Å². The first kappa shape index (κ1) is 22.7. The zero-order valence-corrected chi connectivity index (χ0v) is 20.0. The fourth-order valence-corrected chi connectivity index (χ4v) is 4.84. The highest BCUT2D eigenvalue weighted by atomic mass is 35.5. The topological polar surface area (TPSA) is 80.0 Å². The zero-order chi connectivity index (χ0) is 24.1. The number of hydrogen-bond acceptors (Lipinski definition) is 5. The Morgan fingerprint density at radius 1 is 1.00 bits per heavy atom. The van der Waals surface area contributed by atoms with Crippen molar-refractivity contribution in [1.82, 2.24) is 4.90 Å². The van der Waals surface area contributed by atoms with Gasteiger partial charge in [0.2, 0.25) is 5.43 Å². The molecule has 5 rings (SSSR count). The molecule has 0 saturated carbocycles. The van der Waals surface area contributed by atoms with Gasteiger partial charge < -0.3 is 19.2 Å². The minimum absolute atomic E-state index is 0.0189. The maximum Gasteiger partial charge on any atom is 0.254 e. The summed E-state index contributed by atoms with van der Waals surface area (Å²) in [7, 11) is 0. The summed E-state index contributed by atoms with van der Waals surface area (Å²) < 4.78 is 11.6. The maximum absolute atomic E-state index is 13.1. The number of phenols is 1. The molecule has 6 nitrogen and oxygen atoms in total. The first-order valence-electron chi connectivity index (χ1n) is 10.8. The zero-order valence-electron chi connectivity index (χ0n) is 18.5. The lowest BCUT2D eigenvalue weighted by Crippen LogP contribution is -2.48. The van der Waals surface area contributed by atoms with Crippen molar-refractivity contribution in [3.05, 3.63) is 74.4 Å². The molecule has 2 aromatic rings. The average molecular weight is 498 g/mol. The molecule has 34 heavy (non-hydrogen) atoms. The quantitative estimate of drug-likeness (QED) is 0.352. The molecule has 1 saturated heterocycles. The van der Waals surface area contributed by atoms with Crippen molar-refractivity contribution in [3.8, 4) is 28.2 Å². The second kappa shape index (κ2) is 8.62. The molecule has 0 spiro atoms. The van der Waals surface area contributed by atoms with Gasteiger partial charge in [0.25, 0.3) is 5.91 Å². The van der Waals surface area contributed by atoms with Gasteiger partial charge in [-0.05, 0) is 43.7 Å². The third-order valence-corrected chi connectivity index (χ3v) is 6.57. The molecule has 2 heterocycles. The van der Waals surface area contributed by atoms with Crippen LogP contribution in [0.3, 0.4) is 0 Å². The summed E-state index contributed by atoms with van der Waals surface area (Å²) in [4.78, 5) is 27.0. The summed E-state index contributed by atoms with van der Waals surface area (Å²) in [5.74, 6) is 0.142. The van der Waals surface area contributed by atoms with E-state index in [0.29, 0.717) is 40.9 Å². The molecular formula is C26H21Cl2NO5. The summed E-state index contributed by atoms with van der Waals surface area (Å²) in [6.07, 6.45) is -0.0378. The van der Waals surface area contributed by atoms with E-state index in [0.717, 1.165) is 11.1 Å². The molecule has 1 N–H and O–H groups in total. The molecule has 2 aromatic carbocycles. The van der Waals surface area contributed by atoms with E-state index < -0.39 is 0 Å². The van der Waals surface area contributed by atoms with Crippen LogP contribution in [0.2, 0.25) is 10.0 Å². The third-order valence-electron chi connectivity index (χ3n) is 5.97. The number of morpholine rings is 1. The van der Waals surface area contributed by atoms with Crippen molar-refractivity contribution in [2.75, 3.05) is 13.1 Å². The van der Waals surface area contributed by atoms with Crippen molar-refractivity contribution >= 4 is 40.1 Å². The first-order chi connectivity index (χ1) is 16.2. The molecule has 1 amide bonds. The number of aromatic hydroxyl groups is 1. The average Bonchev–Trinajstić information content (AvgIpc) is 2.79. The van der Waals surface area contributed by atoms with Gasteiger partial charge in [0.15, 0.2) is 0 Å². The van der Waals surface area contributed by atoms with E-state index in [4.69, 9.17) is 32.4 Å².